The van der Waals surface area contributed by atoms with E-state index in [-0.39, 0.29) is 0 Å². The summed E-state index contributed by atoms with van der Waals surface area (Å²) < 4.78 is 0. The molecule has 0 saturated carbocycles. The first-order chi connectivity index (χ1) is 9.04. The number of anilines is 1. The van der Waals surface area contributed by atoms with E-state index in [0.29, 0.717) is 17.4 Å². The van der Waals surface area contributed by atoms with Gasteiger partial charge in [0.25, 0.3) is 0 Å². The van der Waals surface area contributed by atoms with Crippen LogP contribution in [-0.4, -0.2) is 16.9 Å². The van der Waals surface area contributed by atoms with Crippen LogP contribution in [0.15, 0.2) is 36.4 Å². The van der Waals surface area contributed by atoms with E-state index in [0.717, 1.165) is 12.2 Å². The minimum Gasteiger partial charge on any atom is -0.384 e. The molecule has 0 amide bonds. The Balaban J connectivity index is 2.05. The summed E-state index contributed by atoms with van der Waals surface area (Å²) in [6.45, 7) is 3.63. The molecule has 0 bridgehead atoms. The summed E-state index contributed by atoms with van der Waals surface area (Å²) in [7, 11) is 2.05. The smallest absolute Gasteiger partial charge is 0.123 e. The van der Waals surface area contributed by atoms with Crippen LogP contribution in [0.1, 0.15) is 16.8 Å². The third-order valence-corrected chi connectivity index (χ3v) is 3.24. The Morgan fingerprint density at radius 1 is 1.21 bits per heavy atom. The fourth-order valence-corrected chi connectivity index (χ4v) is 2.21. The Labute approximate surface area is 119 Å². The van der Waals surface area contributed by atoms with Crippen LogP contribution in [0.25, 0.3) is 0 Å². The number of hydrogen-bond donors (Lipinski definition) is 1. The van der Waals surface area contributed by atoms with Crippen molar-refractivity contribution in [3.8, 4) is 0 Å². The summed E-state index contributed by atoms with van der Waals surface area (Å²) in [5.41, 5.74) is 9.05. The largest absolute Gasteiger partial charge is 0.384 e. The number of nitrogen functional groups attached to an aromatic ring is 1. The summed E-state index contributed by atoms with van der Waals surface area (Å²) in [6.07, 6.45) is 0. The van der Waals surface area contributed by atoms with E-state index >= 15 is 0 Å². The molecular weight excluding hydrogens is 258 g/mol. The number of rotatable bonds is 4. The highest BCUT2D eigenvalue weighted by molar-refractivity contribution is 6.31. The van der Waals surface area contributed by atoms with E-state index in [1.165, 1.54) is 11.1 Å². The molecule has 0 aliphatic heterocycles. The third kappa shape index (κ3) is 3.94. The van der Waals surface area contributed by atoms with Crippen molar-refractivity contribution in [2.75, 3.05) is 12.8 Å². The summed E-state index contributed by atoms with van der Waals surface area (Å²) in [5.74, 6) is 0.503. The molecule has 0 atom stereocenters. The van der Waals surface area contributed by atoms with E-state index in [2.05, 4.69) is 41.1 Å². The van der Waals surface area contributed by atoms with Crippen LogP contribution >= 0.6 is 11.6 Å². The number of nitrogens with two attached hydrogens (primary N) is 1. The average molecular weight is 276 g/mol. The molecule has 1 heterocycles. The van der Waals surface area contributed by atoms with Gasteiger partial charge in [-0.1, -0.05) is 41.4 Å². The van der Waals surface area contributed by atoms with Gasteiger partial charge in [0.15, 0.2) is 0 Å². The van der Waals surface area contributed by atoms with Crippen LogP contribution in [0.2, 0.25) is 5.02 Å². The van der Waals surface area contributed by atoms with Gasteiger partial charge in [0, 0.05) is 13.1 Å². The highest BCUT2D eigenvalue weighted by Crippen LogP contribution is 2.17. The summed E-state index contributed by atoms with van der Waals surface area (Å²) >= 11 is 6.12. The fraction of sp³-hybridized carbons (Fsp3) is 0.267. The predicted octanol–water partition coefficient (Wildman–Crippen LogP) is 3.26. The molecule has 3 nitrogen and oxygen atoms in total. The zero-order chi connectivity index (χ0) is 13.8. The molecule has 19 heavy (non-hydrogen) atoms. The second-order valence-electron chi connectivity index (χ2n) is 4.83. The number of aryl methyl sites for hydroxylation is 1. The van der Waals surface area contributed by atoms with E-state index in [1.807, 2.05) is 7.05 Å². The predicted molar refractivity (Wildman–Crippen MR) is 80.0 cm³/mol. The molecule has 4 heteroatoms. The zero-order valence-electron chi connectivity index (χ0n) is 11.2. The van der Waals surface area contributed by atoms with Crippen LogP contribution in [0, 0.1) is 6.92 Å². The van der Waals surface area contributed by atoms with Crippen molar-refractivity contribution < 1.29 is 0 Å². The number of nitrogens with zero attached hydrogens (tertiary/aromatic N) is 2. The van der Waals surface area contributed by atoms with Gasteiger partial charge in [-0.15, -0.1) is 0 Å². The highest BCUT2D eigenvalue weighted by atomic mass is 35.5. The molecule has 2 aromatic rings. The monoisotopic (exact) mass is 275 g/mol. The summed E-state index contributed by atoms with van der Waals surface area (Å²) in [6, 6.07) is 12.0. The van der Waals surface area contributed by atoms with Crippen LogP contribution < -0.4 is 5.73 Å². The fourth-order valence-electron chi connectivity index (χ4n) is 2.05. The minimum absolute atomic E-state index is 0.503. The highest BCUT2D eigenvalue weighted by Gasteiger charge is 2.07. The standard InChI is InChI=1S/C15H18ClN3/c1-11-4-3-5-12(8-11)9-19(2)10-14-13(16)6-7-15(17)18-14/h3-8H,9-10H2,1-2H3,(H2,17,18). The van der Waals surface area contributed by atoms with E-state index in [1.54, 1.807) is 12.1 Å². The molecule has 1 aromatic heterocycles. The van der Waals surface area contributed by atoms with Crippen LogP contribution in [0.4, 0.5) is 5.82 Å². The molecule has 0 saturated heterocycles. The average Bonchev–Trinajstić information content (AvgIpc) is 2.34. The lowest BCUT2D eigenvalue weighted by molar-refractivity contribution is 0.315. The maximum absolute atomic E-state index is 6.12. The van der Waals surface area contributed by atoms with Crippen LogP contribution in [-0.2, 0) is 13.1 Å². The van der Waals surface area contributed by atoms with E-state index in [4.69, 9.17) is 17.3 Å². The maximum atomic E-state index is 6.12. The van der Waals surface area contributed by atoms with Crippen molar-refractivity contribution >= 4 is 17.4 Å². The molecule has 0 radical (unpaired) electrons. The molecule has 2 N–H and O–H groups in total. The SMILES string of the molecule is Cc1cccc(CN(C)Cc2nc(N)ccc2Cl)c1. The molecule has 0 aliphatic rings. The Morgan fingerprint density at radius 2 is 2.00 bits per heavy atom. The van der Waals surface area contributed by atoms with Gasteiger partial charge in [-0.05, 0) is 31.7 Å². The molecule has 0 unspecified atom stereocenters. The second-order valence-corrected chi connectivity index (χ2v) is 5.23. The summed E-state index contributed by atoms with van der Waals surface area (Å²) in [4.78, 5) is 6.45. The molecule has 0 aliphatic carbocycles. The molecule has 0 fully saturated rings. The lowest BCUT2D eigenvalue weighted by atomic mass is 10.1. The molecule has 1 aromatic carbocycles. The summed E-state index contributed by atoms with van der Waals surface area (Å²) in [5, 5.41) is 0.658. The van der Waals surface area contributed by atoms with Crippen LogP contribution in [0.3, 0.4) is 0 Å². The normalized spacial score (nSPS) is 10.9. The molecule has 2 rings (SSSR count). The molecular formula is C15H18ClN3. The van der Waals surface area contributed by atoms with Crippen molar-refractivity contribution in [3.05, 3.63) is 58.2 Å². The van der Waals surface area contributed by atoms with Gasteiger partial charge in [0.05, 0.1) is 10.7 Å². The lowest BCUT2D eigenvalue weighted by Gasteiger charge is -2.17. The number of aromatic nitrogens is 1. The second kappa shape index (κ2) is 6.04. The van der Waals surface area contributed by atoms with Gasteiger partial charge in [-0.3, -0.25) is 4.90 Å². The third-order valence-electron chi connectivity index (χ3n) is 2.89. The minimum atomic E-state index is 0.503. The Hall–Kier alpha value is -1.58. The lowest BCUT2D eigenvalue weighted by Crippen LogP contribution is -2.18. The number of halogens is 1. The van der Waals surface area contributed by atoms with Crippen molar-refractivity contribution in [2.45, 2.75) is 20.0 Å². The van der Waals surface area contributed by atoms with Crippen molar-refractivity contribution in [3.63, 3.8) is 0 Å². The van der Waals surface area contributed by atoms with Gasteiger partial charge in [-0.25, -0.2) is 4.98 Å². The van der Waals surface area contributed by atoms with Crippen LogP contribution in [0.5, 0.6) is 0 Å². The van der Waals surface area contributed by atoms with Gasteiger partial charge >= 0.3 is 0 Å². The number of hydrogen-bond acceptors (Lipinski definition) is 3. The Kier molecular flexibility index (Phi) is 4.40. The Bertz CT molecular complexity index is 569. The topological polar surface area (TPSA) is 42.2 Å². The first-order valence-corrected chi connectivity index (χ1v) is 6.57. The quantitative estimate of drug-likeness (QED) is 0.931. The van der Waals surface area contributed by atoms with E-state index < -0.39 is 0 Å². The van der Waals surface area contributed by atoms with Gasteiger partial charge in [-0.2, -0.15) is 0 Å². The van der Waals surface area contributed by atoms with Gasteiger partial charge in [0.1, 0.15) is 5.82 Å². The molecule has 100 valence electrons. The van der Waals surface area contributed by atoms with Crippen molar-refractivity contribution in [1.29, 1.82) is 0 Å². The number of pyridine rings is 1. The van der Waals surface area contributed by atoms with E-state index in [9.17, 15) is 0 Å². The van der Waals surface area contributed by atoms with Crippen molar-refractivity contribution in [1.82, 2.24) is 9.88 Å². The first-order valence-electron chi connectivity index (χ1n) is 6.19. The molecule has 0 spiro atoms. The maximum Gasteiger partial charge on any atom is 0.123 e. The zero-order valence-corrected chi connectivity index (χ0v) is 12.0. The van der Waals surface area contributed by atoms with Crippen molar-refractivity contribution in [2.24, 2.45) is 0 Å². The van der Waals surface area contributed by atoms with Gasteiger partial charge in [0.2, 0.25) is 0 Å². The Morgan fingerprint density at radius 3 is 2.74 bits per heavy atom. The van der Waals surface area contributed by atoms with Gasteiger partial charge < -0.3 is 5.73 Å². The number of benzene rings is 1. The first kappa shape index (κ1) is 13.8.